The van der Waals surface area contributed by atoms with E-state index in [-0.39, 0.29) is 53.0 Å². The summed E-state index contributed by atoms with van der Waals surface area (Å²) in [7, 11) is 0. The van der Waals surface area contributed by atoms with Crippen molar-refractivity contribution in [3.8, 4) is 0 Å². The summed E-state index contributed by atoms with van der Waals surface area (Å²) in [5.41, 5.74) is -0.274. The van der Waals surface area contributed by atoms with Gasteiger partial charge < -0.3 is 14.2 Å². The second kappa shape index (κ2) is 7.73. The number of carbonyl (C=O) groups excluding carboxylic acids is 3. The van der Waals surface area contributed by atoms with E-state index >= 15 is 0 Å². The average Bonchev–Trinajstić information content (AvgIpc) is 2.99. The maximum absolute atomic E-state index is 12.2. The van der Waals surface area contributed by atoms with Crippen molar-refractivity contribution < 1.29 is 28.6 Å². The molecule has 0 saturated heterocycles. The van der Waals surface area contributed by atoms with Crippen LogP contribution in [0.4, 0.5) is 0 Å². The highest BCUT2D eigenvalue weighted by Gasteiger charge is 2.72. The monoisotopic (exact) mass is 448 g/mol. The fraction of sp³-hybridized carbons (Fsp3) is 0.885. The van der Waals surface area contributed by atoms with Crippen LogP contribution in [0.3, 0.4) is 0 Å². The van der Waals surface area contributed by atoms with Gasteiger partial charge in [0.15, 0.2) is 0 Å². The fourth-order valence-electron chi connectivity index (χ4n) is 8.83. The minimum absolute atomic E-state index is 0.106. The van der Waals surface area contributed by atoms with E-state index in [1.807, 2.05) is 0 Å². The van der Waals surface area contributed by atoms with Crippen molar-refractivity contribution in [2.75, 3.05) is 6.61 Å². The Bertz CT molecular complexity index is 804. The van der Waals surface area contributed by atoms with E-state index in [2.05, 4.69) is 20.8 Å². The molecule has 0 heterocycles. The highest BCUT2D eigenvalue weighted by molar-refractivity contribution is 5.67. The van der Waals surface area contributed by atoms with Crippen LogP contribution in [0.15, 0.2) is 0 Å². The first-order valence-electron chi connectivity index (χ1n) is 12.3. The van der Waals surface area contributed by atoms with Crippen LogP contribution in [-0.4, -0.2) is 36.7 Å². The summed E-state index contributed by atoms with van der Waals surface area (Å²) in [6.45, 7) is 11.8. The normalized spacial score (nSPS) is 44.1. The Morgan fingerprint density at radius 2 is 1.41 bits per heavy atom. The standard InChI is InChI=1S/C26H40O6/c1-16(27)30-15-25-10-11-26(14-25)20(13-21(25)31-17(2)28)24(6)9-7-8-23(4,5)19(24)12-22(26)32-18(3)29/h19-22H,7-15H2,1-6H3/t19-,20+,21-,22?,24-,25-,26-/m1/s1. The molecule has 0 amide bonds. The van der Waals surface area contributed by atoms with E-state index in [4.69, 9.17) is 14.2 Å². The number of rotatable bonds is 4. The number of hydrogen-bond acceptors (Lipinski definition) is 6. The van der Waals surface area contributed by atoms with Crippen molar-refractivity contribution in [2.45, 2.75) is 105 Å². The van der Waals surface area contributed by atoms with Gasteiger partial charge in [0.2, 0.25) is 0 Å². The number of esters is 3. The predicted octanol–water partition coefficient (Wildman–Crippen LogP) is 4.83. The van der Waals surface area contributed by atoms with Gasteiger partial charge in [0.05, 0.1) is 0 Å². The van der Waals surface area contributed by atoms with E-state index in [1.54, 1.807) is 0 Å². The van der Waals surface area contributed by atoms with Crippen LogP contribution in [0, 0.1) is 33.5 Å². The molecular weight excluding hydrogens is 408 g/mol. The molecule has 4 rings (SSSR count). The summed E-state index contributed by atoms with van der Waals surface area (Å²) in [5, 5.41) is 0. The molecule has 4 saturated carbocycles. The highest BCUT2D eigenvalue weighted by Crippen LogP contribution is 2.74. The Balaban J connectivity index is 1.79. The van der Waals surface area contributed by atoms with Crippen LogP contribution in [0.1, 0.15) is 92.9 Å². The highest BCUT2D eigenvalue weighted by atomic mass is 16.6. The van der Waals surface area contributed by atoms with Crippen molar-refractivity contribution in [3.63, 3.8) is 0 Å². The number of hydrogen-bond donors (Lipinski definition) is 0. The number of fused-ring (bicyclic) bond motifs is 3. The van der Waals surface area contributed by atoms with E-state index in [1.165, 1.54) is 33.6 Å². The van der Waals surface area contributed by atoms with Crippen LogP contribution >= 0.6 is 0 Å². The van der Waals surface area contributed by atoms with Gasteiger partial charge in [0.1, 0.15) is 18.8 Å². The lowest BCUT2D eigenvalue weighted by atomic mass is 9.39. The zero-order valence-corrected chi connectivity index (χ0v) is 20.6. The number of carbonyl (C=O) groups is 3. The minimum Gasteiger partial charge on any atom is -0.465 e. The van der Waals surface area contributed by atoms with Crippen molar-refractivity contribution in [1.29, 1.82) is 0 Å². The molecule has 1 unspecified atom stereocenters. The second-order valence-corrected chi connectivity index (χ2v) is 12.2. The molecule has 0 radical (unpaired) electrons. The molecule has 1 spiro atoms. The maximum Gasteiger partial charge on any atom is 0.302 e. The lowest BCUT2D eigenvalue weighted by Gasteiger charge is -2.66. The maximum atomic E-state index is 12.2. The molecular formula is C26H40O6. The Labute approximate surface area is 192 Å². The third-order valence-corrected chi connectivity index (χ3v) is 9.94. The molecule has 32 heavy (non-hydrogen) atoms. The van der Waals surface area contributed by atoms with E-state index < -0.39 is 5.41 Å². The SMILES string of the molecule is CC(=O)OC[C@@]12CC[C@]3(C1)C(OC(C)=O)C[C@@H]1C(C)(C)CCC[C@@]1(C)[C@@H]3C[C@H]2OC(C)=O. The van der Waals surface area contributed by atoms with Gasteiger partial charge in [-0.3, -0.25) is 14.4 Å². The molecule has 4 aliphatic rings. The lowest BCUT2D eigenvalue weighted by molar-refractivity contribution is -0.234. The summed E-state index contributed by atoms with van der Waals surface area (Å²) in [4.78, 5) is 36.0. The molecule has 0 aliphatic heterocycles. The first-order valence-corrected chi connectivity index (χ1v) is 12.3. The molecule has 6 nitrogen and oxygen atoms in total. The molecule has 0 aromatic carbocycles. The molecule has 4 fully saturated rings. The topological polar surface area (TPSA) is 78.9 Å². The molecule has 0 N–H and O–H groups in total. The summed E-state index contributed by atoms with van der Waals surface area (Å²) >= 11 is 0. The van der Waals surface area contributed by atoms with Crippen molar-refractivity contribution in [3.05, 3.63) is 0 Å². The third-order valence-electron chi connectivity index (χ3n) is 9.94. The quantitative estimate of drug-likeness (QED) is 0.453. The van der Waals surface area contributed by atoms with E-state index in [0.717, 1.165) is 38.5 Å². The fourth-order valence-corrected chi connectivity index (χ4v) is 8.83. The molecule has 180 valence electrons. The summed E-state index contributed by atoms with van der Waals surface area (Å²) in [6, 6.07) is 0. The van der Waals surface area contributed by atoms with Gasteiger partial charge in [0.25, 0.3) is 0 Å². The predicted molar refractivity (Wildman–Crippen MR) is 118 cm³/mol. The zero-order chi connectivity index (χ0) is 23.5. The minimum atomic E-state index is -0.403. The number of ether oxygens (including phenoxy) is 3. The van der Waals surface area contributed by atoms with Crippen molar-refractivity contribution >= 4 is 17.9 Å². The van der Waals surface area contributed by atoms with Gasteiger partial charge >= 0.3 is 17.9 Å². The Kier molecular flexibility index (Phi) is 5.69. The van der Waals surface area contributed by atoms with Crippen LogP contribution in [0.5, 0.6) is 0 Å². The van der Waals surface area contributed by atoms with Gasteiger partial charge in [-0.1, -0.05) is 27.2 Å². The first-order chi connectivity index (χ1) is 14.8. The third kappa shape index (κ3) is 3.56. The Hall–Kier alpha value is -1.59. The molecule has 0 aromatic heterocycles. The zero-order valence-electron chi connectivity index (χ0n) is 20.6. The van der Waals surface area contributed by atoms with Crippen LogP contribution in [0.2, 0.25) is 0 Å². The average molecular weight is 449 g/mol. The molecule has 6 heteroatoms. The summed E-state index contributed by atoms with van der Waals surface area (Å²) < 4.78 is 17.6. The van der Waals surface area contributed by atoms with Crippen LogP contribution in [0.25, 0.3) is 0 Å². The van der Waals surface area contributed by atoms with Gasteiger partial charge in [-0.05, 0) is 67.6 Å². The summed E-state index contributed by atoms with van der Waals surface area (Å²) in [6.07, 6.45) is 7.26. The van der Waals surface area contributed by atoms with Gasteiger partial charge in [-0.15, -0.1) is 0 Å². The van der Waals surface area contributed by atoms with Gasteiger partial charge in [0, 0.05) is 31.6 Å². The van der Waals surface area contributed by atoms with E-state index in [9.17, 15) is 14.4 Å². The summed E-state index contributed by atoms with van der Waals surface area (Å²) in [5.74, 6) is -0.0712. The molecule has 0 aromatic rings. The first kappa shape index (κ1) is 23.6. The molecule has 4 aliphatic carbocycles. The van der Waals surface area contributed by atoms with Gasteiger partial charge in [-0.2, -0.15) is 0 Å². The van der Waals surface area contributed by atoms with E-state index in [0.29, 0.717) is 11.8 Å². The van der Waals surface area contributed by atoms with Crippen molar-refractivity contribution in [1.82, 2.24) is 0 Å². The van der Waals surface area contributed by atoms with Crippen molar-refractivity contribution in [2.24, 2.45) is 33.5 Å². The lowest BCUT2D eigenvalue weighted by Crippen LogP contribution is -2.64. The largest absolute Gasteiger partial charge is 0.465 e. The Morgan fingerprint density at radius 3 is 2.03 bits per heavy atom. The molecule has 7 atom stereocenters. The smallest absolute Gasteiger partial charge is 0.302 e. The second-order valence-electron chi connectivity index (χ2n) is 12.2. The van der Waals surface area contributed by atoms with Gasteiger partial charge in [-0.25, -0.2) is 0 Å². The molecule has 2 bridgehead atoms. The van der Waals surface area contributed by atoms with Crippen LogP contribution in [-0.2, 0) is 28.6 Å². The van der Waals surface area contributed by atoms with Crippen LogP contribution < -0.4 is 0 Å². The Morgan fingerprint density at radius 1 is 0.781 bits per heavy atom.